The van der Waals surface area contributed by atoms with E-state index in [1.54, 1.807) is 6.07 Å². The number of aliphatic carboxylic acids is 1. The first kappa shape index (κ1) is 19.5. The van der Waals surface area contributed by atoms with E-state index >= 15 is 0 Å². The summed E-state index contributed by atoms with van der Waals surface area (Å²) in [7, 11) is 0. The lowest BCUT2D eigenvalue weighted by Crippen LogP contribution is -2.36. The Hall–Kier alpha value is -2.86. The molecule has 1 aliphatic rings. The molecule has 4 rings (SSSR count). The average Bonchev–Trinajstić information content (AvgIpc) is 3.09. The van der Waals surface area contributed by atoms with Crippen molar-refractivity contribution in [2.24, 2.45) is 5.92 Å². The Labute approximate surface area is 173 Å². The van der Waals surface area contributed by atoms with Gasteiger partial charge in [-0.2, -0.15) is 4.68 Å². The second-order valence-corrected chi connectivity index (χ2v) is 7.95. The Kier molecular flexibility index (Phi) is 5.04. The van der Waals surface area contributed by atoms with Crippen LogP contribution in [0.2, 0.25) is 5.02 Å². The number of carbonyl (C=O) groups excluding carboxylic acids is 1. The number of nitrogens with zero attached hydrogens (tertiary/aromatic N) is 3. The molecule has 0 radical (unpaired) electrons. The molecular formula is C22H22ClN3O3. The van der Waals surface area contributed by atoms with E-state index in [1.807, 2.05) is 44.2 Å². The zero-order valence-electron chi connectivity index (χ0n) is 16.4. The van der Waals surface area contributed by atoms with Crippen molar-refractivity contribution >= 4 is 40.2 Å². The van der Waals surface area contributed by atoms with E-state index in [4.69, 9.17) is 11.6 Å². The van der Waals surface area contributed by atoms with Crippen LogP contribution in [0.4, 0.5) is 5.82 Å². The summed E-state index contributed by atoms with van der Waals surface area (Å²) >= 11 is 6.33. The Morgan fingerprint density at radius 2 is 1.72 bits per heavy atom. The number of piperidine rings is 1. The molecule has 7 heteroatoms. The third kappa shape index (κ3) is 3.38. The highest BCUT2D eigenvalue weighted by molar-refractivity contribution is 6.34. The molecule has 29 heavy (non-hydrogen) atoms. The Morgan fingerprint density at radius 3 is 2.38 bits per heavy atom. The van der Waals surface area contributed by atoms with Crippen molar-refractivity contribution in [3.63, 3.8) is 0 Å². The van der Waals surface area contributed by atoms with E-state index in [0.717, 1.165) is 27.8 Å². The summed E-state index contributed by atoms with van der Waals surface area (Å²) in [4.78, 5) is 26.7. The van der Waals surface area contributed by atoms with Gasteiger partial charge in [0.25, 0.3) is 5.91 Å². The van der Waals surface area contributed by atoms with E-state index in [-0.39, 0.29) is 11.8 Å². The first-order chi connectivity index (χ1) is 13.9. The molecule has 2 aromatic carbocycles. The van der Waals surface area contributed by atoms with Crippen LogP contribution in [0.5, 0.6) is 0 Å². The average molecular weight is 412 g/mol. The molecular weight excluding hydrogens is 390 g/mol. The van der Waals surface area contributed by atoms with Crippen LogP contribution in [0.3, 0.4) is 0 Å². The number of fused-ring (bicyclic) bond motifs is 1. The van der Waals surface area contributed by atoms with Crippen LogP contribution < -0.4 is 4.90 Å². The number of benzene rings is 2. The topological polar surface area (TPSA) is 75.4 Å². The number of aromatic nitrogens is 2. The lowest BCUT2D eigenvalue weighted by Gasteiger charge is -2.30. The number of carboxylic acid groups (broad SMARTS) is 1. The summed E-state index contributed by atoms with van der Waals surface area (Å²) in [5.41, 5.74) is 2.98. The minimum atomic E-state index is -0.749. The standard InChI is InChI=1S/C22H22ClN3O3/c1-13-5-3-7-16(23)18(13)21(27)26-17-8-4-6-14(2)19(17)20(24-26)25-11-9-15(10-12-25)22(28)29/h3-8,15H,9-12H2,1-2H3,(H,28,29). The SMILES string of the molecule is Cc1cccc(Cl)c1C(=O)n1nc(N2CCC(C(=O)O)CC2)c2c(C)cccc21. The van der Waals surface area contributed by atoms with E-state index in [0.29, 0.717) is 36.5 Å². The Morgan fingerprint density at radius 1 is 1.07 bits per heavy atom. The zero-order chi connectivity index (χ0) is 20.7. The van der Waals surface area contributed by atoms with Crippen molar-refractivity contribution in [2.75, 3.05) is 18.0 Å². The first-order valence-electron chi connectivity index (χ1n) is 9.64. The minimum Gasteiger partial charge on any atom is -0.481 e. The van der Waals surface area contributed by atoms with Gasteiger partial charge in [0.2, 0.25) is 0 Å². The van der Waals surface area contributed by atoms with Crippen molar-refractivity contribution in [3.05, 3.63) is 58.1 Å². The summed E-state index contributed by atoms with van der Waals surface area (Å²) in [6.07, 6.45) is 1.13. The van der Waals surface area contributed by atoms with Crippen molar-refractivity contribution < 1.29 is 14.7 Å². The molecule has 0 atom stereocenters. The molecule has 0 saturated carbocycles. The Bertz CT molecular complexity index is 1090. The maximum atomic E-state index is 13.4. The highest BCUT2D eigenvalue weighted by atomic mass is 35.5. The highest BCUT2D eigenvalue weighted by Gasteiger charge is 2.29. The molecule has 1 N–H and O–H groups in total. The molecule has 2 heterocycles. The van der Waals surface area contributed by atoms with Gasteiger partial charge in [-0.05, 0) is 49.9 Å². The molecule has 1 saturated heterocycles. The van der Waals surface area contributed by atoms with Gasteiger partial charge in [-0.1, -0.05) is 35.9 Å². The third-order valence-electron chi connectivity index (χ3n) is 5.67. The second kappa shape index (κ2) is 7.52. The van der Waals surface area contributed by atoms with Crippen molar-refractivity contribution in [1.29, 1.82) is 0 Å². The molecule has 0 amide bonds. The predicted molar refractivity (Wildman–Crippen MR) is 113 cm³/mol. The van der Waals surface area contributed by atoms with Crippen LogP contribution in [-0.2, 0) is 4.79 Å². The molecule has 0 bridgehead atoms. The fraction of sp³-hybridized carbons (Fsp3) is 0.318. The van der Waals surface area contributed by atoms with Crippen LogP contribution in [-0.4, -0.2) is 39.9 Å². The van der Waals surface area contributed by atoms with Crippen molar-refractivity contribution in [1.82, 2.24) is 9.78 Å². The second-order valence-electron chi connectivity index (χ2n) is 7.54. The van der Waals surface area contributed by atoms with Gasteiger partial charge >= 0.3 is 5.97 Å². The zero-order valence-corrected chi connectivity index (χ0v) is 17.1. The quantitative estimate of drug-likeness (QED) is 0.695. The van der Waals surface area contributed by atoms with Crippen LogP contribution in [0.1, 0.15) is 34.3 Å². The van der Waals surface area contributed by atoms with E-state index in [1.165, 1.54) is 4.68 Å². The smallest absolute Gasteiger partial charge is 0.306 e. The van der Waals surface area contributed by atoms with Crippen LogP contribution in [0.25, 0.3) is 10.9 Å². The van der Waals surface area contributed by atoms with Gasteiger partial charge < -0.3 is 10.0 Å². The fourth-order valence-corrected chi connectivity index (χ4v) is 4.34. The largest absolute Gasteiger partial charge is 0.481 e. The van der Waals surface area contributed by atoms with Crippen molar-refractivity contribution in [3.8, 4) is 0 Å². The summed E-state index contributed by atoms with van der Waals surface area (Å²) in [6.45, 7) is 5.04. The van der Waals surface area contributed by atoms with E-state index in [9.17, 15) is 14.7 Å². The molecule has 1 aliphatic heterocycles. The molecule has 0 aliphatic carbocycles. The van der Waals surface area contributed by atoms with Gasteiger partial charge in [0, 0.05) is 18.5 Å². The van der Waals surface area contributed by atoms with Gasteiger partial charge in [0.1, 0.15) is 0 Å². The molecule has 1 aromatic heterocycles. The van der Waals surface area contributed by atoms with E-state index < -0.39 is 5.97 Å². The number of aryl methyl sites for hydroxylation is 2. The van der Waals surface area contributed by atoms with Crippen LogP contribution >= 0.6 is 11.6 Å². The number of carbonyl (C=O) groups is 2. The first-order valence-corrected chi connectivity index (χ1v) is 10.0. The lowest BCUT2D eigenvalue weighted by molar-refractivity contribution is -0.142. The van der Waals surface area contributed by atoms with E-state index in [2.05, 4.69) is 10.00 Å². The summed E-state index contributed by atoms with van der Waals surface area (Å²) in [5.74, 6) is -0.621. The third-order valence-corrected chi connectivity index (χ3v) is 5.98. The molecule has 0 unspecified atom stereocenters. The van der Waals surface area contributed by atoms with Gasteiger partial charge in [-0.15, -0.1) is 5.10 Å². The molecule has 0 spiro atoms. The molecule has 3 aromatic rings. The molecule has 150 valence electrons. The molecule has 1 fully saturated rings. The van der Waals surface area contributed by atoms with Crippen molar-refractivity contribution in [2.45, 2.75) is 26.7 Å². The number of anilines is 1. The lowest BCUT2D eigenvalue weighted by atomic mass is 9.97. The molecule has 6 nitrogen and oxygen atoms in total. The number of hydrogen-bond acceptors (Lipinski definition) is 4. The number of carboxylic acids is 1. The number of halogens is 1. The van der Waals surface area contributed by atoms with Crippen LogP contribution in [0, 0.1) is 19.8 Å². The highest BCUT2D eigenvalue weighted by Crippen LogP contribution is 2.33. The minimum absolute atomic E-state index is 0.268. The monoisotopic (exact) mass is 411 g/mol. The van der Waals surface area contributed by atoms with Crippen LogP contribution in [0.15, 0.2) is 36.4 Å². The number of hydrogen-bond donors (Lipinski definition) is 1. The maximum Gasteiger partial charge on any atom is 0.306 e. The summed E-state index contributed by atoms with van der Waals surface area (Å²) in [6, 6.07) is 11.2. The summed E-state index contributed by atoms with van der Waals surface area (Å²) in [5, 5.41) is 15.3. The van der Waals surface area contributed by atoms with Gasteiger partial charge in [-0.3, -0.25) is 9.59 Å². The van der Waals surface area contributed by atoms with Gasteiger partial charge in [0.15, 0.2) is 5.82 Å². The van der Waals surface area contributed by atoms with Gasteiger partial charge in [-0.25, -0.2) is 0 Å². The maximum absolute atomic E-state index is 13.4. The fourth-order valence-electron chi connectivity index (χ4n) is 4.04. The number of rotatable bonds is 3. The Balaban J connectivity index is 1.80. The summed E-state index contributed by atoms with van der Waals surface area (Å²) < 4.78 is 1.43. The van der Waals surface area contributed by atoms with Gasteiger partial charge in [0.05, 0.1) is 22.0 Å². The normalized spacial score (nSPS) is 15.1. The predicted octanol–water partition coefficient (Wildman–Crippen LogP) is 4.30.